The minimum Gasteiger partial charge on any atom is -0.439 e. The van der Waals surface area contributed by atoms with E-state index in [0.29, 0.717) is 6.54 Å². The summed E-state index contributed by atoms with van der Waals surface area (Å²) in [6.45, 7) is 7.59. The second kappa shape index (κ2) is 4.81. The summed E-state index contributed by atoms with van der Waals surface area (Å²) in [4.78, 5) is 26.0. The molecule has 1 aromatic rings. The van der Waals surface area contributed by atoms with E-state index in [9.17, 15) is 9.59 Å². The molecule has 0 N–H and O–H groups in total. The molecular formula is C13H19N3O4. The molecule has 1 aromatic heterocycles. The molecular weight excluding hydrogens is 262 g/mol. The summed E-state index contributed by atoms with van der Waals surface area (Å²) in [7, 11) is 1.64. The number of aromatic nitrogens is 1. The van der Waals surface area contributed by atoms with Crippen molar-refractivity contribution >= 4 is 17.9 Å². The van der Waals surface area contributed by atoms with Crippen LogP contribution in [-0.2, 0) is 14.9 Å². The summed E-state index contributed by atoms with van der Waals surface area (Å²) < 4.78 is 10.4. The molecule has 1 fully saturated rings. The average Bonchev–Trinajstić information content (AvgIpc) is 2.84. The van der Waals surface area contributed by atoms with Gasteiger partial charge < -0.3 is 14.2 Å². The lowest BCUT2D eigenvalue weighted by molar-refractivity contribution is -0.145. The molecule has 1 unspecified atom stereocenters. The van der Waals surface area contributed by atoms with Crippen LogP contribution in [0.15, 0.2) is 10.6 Å². The summed E-state index contributed by atoms with van der Waals surface area (Å²) in [5, 5.41) is 3.98. The number of amides is 2. The highest BCUT2D eigenvalue weighted by Crippen LogP contribution is 2.29. The van der Waals surface area contributed by atoms with Crippen molar-refractivity contribution in [2.24, 2.45) is 0 Å². The van der Waals surface area contributed by atoms with Crippen LogP contribution in [0.3, 0.4) is 0 Å². The summed E-state index contributed by atoms with van der Waals surface area (Å²) in [6.07, 6.45) is -0.689. The Hall–Kier alpha value is -2.05. The first-order chi connectivity index (χ1) is 9.20. The molecule has 0 saturated carbocycles. The van der Waals surface area contributed by atoms with Crippen molar-refractivity contribution in [1.29, 1.82) is 0 Å². The highest BCUT2D eigenvalue weighted by atomic mass is 16.6. The third-order valence-corrected chi connectivity index (χ3v) is 3.06. The van der Waals surface area contributed by atoms with E-state index in [4.69, 9.17) is 9.26 Å². The Balaban J connectivity index is 2.30. The van der Waals surface area contributed by atoms with Gasteiger partial charge in [-0.05, 0) is 0 Å². The zero-order valence-corrected chi connectivity index (χ0v) is 12.3. The predicted molar refractivity (Wildman–Crippen MR) is 71.3 cm³/mol. The zero-order chi connectivity index (χ0) is 15.1. The van der Waals surface area contributed by atoms with Gasteiger partial charge in [0.25, 0.3) is 0 Å². The Bertz CT molecular complexity index is 532. The quantitative estimate of drug-likeness (QED) is 0.772. The van der Waals surface area contributed by atoms with Gasteiger partial charge in [-0.1, -0.05) is 25.9 Å². The summed E-state index contributed by atoms with van der Waals surface area (Å²) >= 11 is 0. The van der Waals surface area contributed by atoms with E-state index >= 15 is 0 Å². The van der Waals surface area contributed by atoms with Crippen molar-refractivity contribution in [3.8, 4) is 0 Å². The molecule has 0 spiro atoms. The molecule has 7 heteroatoms. The molecule has 2 heterocycles. The van der Waals surface area contributed by atoms with E-state index in [2.05, 4.69) is 5.16 Å². The van der Waals surface area contributed by atoms with Gasteiger partial charge in [-0.15, -0.1) is 0 Å². The predicted octanol–water partition coefficient (Wildman–Crippen LogP) is 1.73. The van der Waals surface area contributed by atoms with Gasteiger partial charge in [-0.2, -0.15) is 0 Å². The van der Waals surface area contributed by atoms with Crippen molar-refractivity contribution in [1.82, 2.24) is 10.1 Å². The fraction of sp³-hybridized carbons (Fsp3) is 0.615. The Labute approximate surface area is 117 Å². The molecule has 110 valence electrons. The molecule has 2 rings (SSSR count). The summed E-state index contributed by atoms with van der Waals surface area (Å²) in [5.41, 5.74) is 0.546. The molecule has 1 aliphatic rings. The summed E-state index contributed by atoms with van der Waals surface area (Å²) in [5.74, 6) is -0.158. The Morgan fingerprint density at radius 3 is 2.65 bits per heavy atom. The van der Waals surface area contributed by atoms with E-state index in [1.807, 2.05) is 20.8 Å². The third kappa shape index (κ3) is 2.61. The number of likely N-dealkylation sites (N-methyl/N-ethyl adjacent to an activating group) is 1. The number of urea groups is 1. The Morgan fingerprint density at radius 1 is 1.50 bits per heavy atom. The topological polar surface area (TPSA) is 75.9 Å². The van der Waals surface area contributed by atoms with Crippen molar-refractivity contribution in [3.05, 3.63) is 11.8 Å². The molecule has 0 bridgehead atoms. The second-order valence-corrected chi connectivity index (χ2v) is 5.90. The van der Waals surface area contributed by atoms with E-state index in [-0.39, 0.29) is 17.3 Å². The monoisotopic (exact) mass is 281 g/mol. The molecule has 20 heavy (non-hydrogen) atoms. The van der Waals surface area contributed by atoms with Crippen molar-refractivity contribution < 1.29 is 18.8 Å². The molecule has 1 atom stereocenters. The van der Waals surface area contributed by atoms with Gasteiger partial charge in [-0.25, -0.2) is 9.69 Å². The standard InChI is InChI=1S/C13H19N3O4/c1-8(17)19-11-7-15(5)12(18)16(11)10-6-9(14-20-10)13(2,3)4/h6,11H,7H2,1-5H3. The molecule has 1 aliphatic heterocycles. The van der Waals surface area contributed by atoms with Gasteiger partial charge in [0.15, 0.2) is 0 Å². The third-order valence-electron chi connectivity index (χ3n) is 3.06. The number of esters is 1. The number of carbonyl (C=O) groups is 2. The van der Waals surface area contributed by atoms with Gasteiger partial charge >= 0.3 is 12.0 Å². The van der Waals surface area contributed by atoms with Gasteiger partial charge in [0, 0.05) is 25.5 Å². The van der Waals surface area contributed by atoms with Crippen LogP contribution in [0.4, 0.5) is 10.7 Å². The average molecular weight is 281 g/mol. The van der Waals surface area contributed by atoms with E-state index in [1.54, 1.807) is 13.1 Å². The molecule has 7 nitrogen and oxygen atoms in total. The minimum atomic E-state index is -0.689. The van der Waals surface area contributed by atoms with E-state index < -0.39 is 12.2 Å². The van der Waals surface area contributed by atoms with Gasteiger partial charge in [0.2, 0.25) is 12.1 Å². The first-order valence-corrected chi connectivity index (χ1v) is 6.39. The summed E-state index contributed by atoms with van der Waals surface area (Å²) in [6, 6.07) is 1.42. The molecule has 1 saturated heterocycles. The van der Waals surface area contributed by atoms with Crippen LogP contribution in [-0.4, -0.2) is 41.9 Å². The normalized spacial score (nSPS) is 19.6. The fourth-order valence-corrected chi connectivity index (χ4v) is 1.95. The lowest BCUT2D eigenvalue weighted by atomic mass is 9.92. The fourth-order valence-electron chi connectivity index (χ4n) is 1.95. The zero-order valence-electron chi connectivity index (χ0n) is 12.3. The Morgan fingerprint density at radius 2 is 2.15 bits per heavy atom. The van der Waals surface area contributed by atoms with E-state index in [0.717, 1.165) is 5.69 Å². The second-order valence-electron chi connectivity index (χ2n) is 5.90. The van der Waals surface area contributed by atoms with Crippen molar-refractivity contribution in [2.75, 3.05) is 18.5 Å². The highest BCUT2D eigenvalue weighted by Gasteiger charge is 2.41. The SMILES string of the molecule is CC(=O)OC1CN(C)C(=O)N1c1cc(C(C)(C)C)no1. The largest absolute Gasteiger partial charge is 0.439 e. The van der Waals surface area contributed by atoms with Crippen LogP contribution in [0.25, 0.3) is 0 Å². The van der Waals surface area contributed by atoms with Crippen LogP contribution in [0.1, 0.15) is 33.4 Å². The number of hydrogen-bond acceptors (Lipinski definition) is 5. The maximum Gasteiger partial charge on any atom is 0.329 e. The van der Waals surface area contributed by atoms with Crippen molar-refractivity contribution in [3.63, 3.8) is 0 Å². The molecule has 0 aromatic carbocycles. The van der Waals surface area contributed by atoms with Crippen LogP contribution in [0.2, 0.25) is 0 Å². The lowest BCUT2D eigenvalue weighted by Gasteiger charge is -2.19. The Kier molecular flexibility index (Phi) is 3.45. The number of ether oxygens (including phenoxy) is 1. The molecule has 0 aliphatic carbocycles. The highest BCUT2D eigenvalue weighted by molar-refractivity contribution is 5.93. The number of rotatable bonds is 2. The number of nitrogens with zero attached hydrogens (tertiary/aromatic N) is 3. The van der Waals surface area contributed by atoms with Crippen LogP contribution in [0.5, 0.6) is 0 Å². The minimum absolute atomic E-state index is 0.187. The van der Waals surface area contributed by atoms with Gasteiger partial charge in [-0.3, -0.25) is 4.79 Å². The maximum absolute atomic E-state index is 12.1. The lowest BCUT2D eigenvalue weighted by Crippen LogP contribution is -2.36. The first-order valence-electron chi connectivity index (χ1n) is 6.39. The number of anilines is 1. The van der Waals surface area contributed by atoms with Crippen LogP contribution >= 0.6 is 0 Å². The molecule has 0 radical (unpaired) electrons. The van der Waals surface area contributed by atoms with Crippen LogP contribution < -0.4 is 4.90 Å². The smallest absolute Gasteiger partial charge is 0.329 e. The van der Waals surface area contributed by atoms with E-state index in [1.165, 1.54) is 16.7 Å². The van der Waals surface area contributed by atoms with Gasteiger partial charge in [0.05, 0.1) is 12.2 Å². The first kappa shape index (κ1) is 14.4. The van der Waals surface area contributed by atoms with Crippen molar-refractivity contribution in [2.45, 2.75) is 39.3 Å². The number of hydrogen-bond donors (Lipinski definition) is 0. The maximum atomic E-state index is 12.1. The number of carbonyl (C=O) groups excluding carboxylic acids is 2. The molecule has 2 amide bonds. The van der Waals surface area contributed by atoms with Gasteiger partial charge in [0.1, 0.15) is 0 Å². The van der Waals surface area contributed by atoms with Crippen LogP contribution in [0, 0.1) is 0 Å².